The number of carbonyl (C=O) groups is 3. The topological polar surface area (TPSA) is 113 Å². The molecule has 0 unspecified atom stereocenters. The number of rotatable bonds is 5. The monoisotopic (exact) mass is 425 g/mol. The first-order valence-corrected chi connectivity index (χ1v) is 8.42. The Morgan fingerprint density at radius 1 is 1.15 bits per heavy atom. The summed E-state index contributed by atoms with van der Waals surface area (Å²) in [7, 11) is 0. The lowest BCUT2D eigenvalue weighted by molar-refractivity contribution is -0.165. The summed E-state index contributed by atoms with van der Waals surface area (Å²) in [5, 5.41) is 19.1. The number of hydrogen-bond acceptors (Lipinski definition) is 5. The van der Waals surface area contributed by atoms with Gasteiger partial charge in [0.25, 0.3) is 0 Å². The van der Waals surface area contributed by atoms with Crippen molar-refractivity contribution >= 4 is 52.8 Å². The third-order valence-electron chi connectivity index (χ3n) is 3.60. The highest BCUT2D eigenvalue weighted by Crippen LogP contribution is 2.41. The molecule has 1 heterocycles. The second-order valence-electron chi connectivity index (χ2n) is 5.48. The number of benzene rings is 1. The molecule has 3 atom stereocenters. The van der Waals surface area contributed by atoms with Crippen molar-refractivity contribution in [2.75, 3.05) is 6.61 Å². The molecule has 0 bridgehead atoms. The fourth-order valence-electron chi connectivity index (χ4n) is 2.62. The highest BCUT2D eigenvalue weighted by molar-refractivity contribution is 6.67. The van der Waals surface area contributed by atoms with E-state index in [-0.39, 0.29) is 0 Å². The normalized spacial score (nSPS) is 22.9. The lowest BCUT2D eigenvalue weighted by Crippen LogP contribution is -2.44. The second-order valence-corrected chi connectivity index (χ2v) is 7.99. The molecule has 8 nitrogen and oxygen atoms in total. The first-order chi connectivity index (χ1) is 12.1. The van der Waals surface area contributed by atoms with E-state index in [4.69, 9.17) is 49.5 Å². The molecule has 0 aliphatic carbocycles. The van der Waals surface area contributed by atoms with Crippen LogP contribution in [-0.2, 0) is 19.2 Å². The van der Waals surface area contributed by atoms with E-state index in [1.54, 1.807) is 30.3 Å². The SMILES string of the molecule is O=C(O)C[C@H]1[C@@H](c2ccccc2)ON(C(=O)OCC(Cl)(Cl)Cl)[C@@H]1C(=O)O. The second kappa shape index (κ2) is 8.30. The average Bonchev–Trinajstić information content (AvgIpc) is 2.91. The molecular weight excluding hydrogens is 413 g/mol. The summed E-state index contributed by atoms with van der Waals surface area (Å²) in [5.74, 6) is -3.73. The van der Waals surface area contributed by atoms with Crippen LogP contribution in [0.1, 0.15) is 18.1 Å². The zero-order valence-electron chi connectivity index (χ0n) is 13.0. The summed E-state index contributed by atoms with van der Waals surface area (Å²) >= 11 is 16.5. The van der Waals surface area contributed by atoms with E-state index in [2.05, 4.69) is 0 Å². The summed E-state index contributed by atoms with van der Waals surface area (Å²) < 4.78 is 2.87. The van der Waals surface area contributed by atoms with Gasteiger partial charge in [-0.05, 0) is 5.56 Å². The van der Waals surface area contributed by atoms with Gasteiger partial charge in [0.05, 0.1) is 6.42 Å². The minimum atomic E-state index is -1.90. The van der Waals surface area contributed by atoms with Crippen molar-refractivity contribution in [2.45, 2.75) is 22.4 Å². The molecule has 1 aromatic carbocycles. The highest BCUT2D eigenvalue weighted by Gasteiger charge is 2.52. The number of nitrogens with zero attached hydrogens (tertiary/aromatic N) is 1. The molecule has 1 aromatic rings. The molecule has 1 fully saturated rings. The summed E-state index contributed by atoms with van der Waals surface area (Å²) in [6.45, 7) is -0.637. The van der Waals surface area contributed by atoms with Crippen LogP contribution in [0.2, 0.25) is 0 Å². The van der Waals surface area contributed by atoms with Gasteiger partial charge in [-0.3, -0.25) is 9.63 Å². The molecule has 142 valence electrons. The molecule has 26 heavy (non-hydrogen) atoms. The Labute approximate surface area is 163 Å². The maximum atomic E-state index is 12.2. The molecule has 1 aliphatic heterocycles. The quantitative estimate of drug-likeness (QED) is 0.696. The third kappa shape index (κ3) is 5.14. The molecule has 0 saturated carbocycles. The number of halogens is 3. The summed E-state index contributed by atoms with van der Waals surface area (Å²) in [6.07, 6.45) is -2.71. The van der Waals surface area contributed by atoms with Crippen molar-refractivity contribution in [1.82, 2.24) is 5.06 Å². The molecule has 0 spiro atoms. The van der Waals surface area contributed by atoms with Gasteiger partial charge < -0.3 is 14.9 Å². The van der Waals surface area contributed by atoms with Crippen LogP contribution in [0.4, 0.5) is 4.79 Å². The zero-order chi connectivity index (χ0) is 19.5. The Bertz CT molecular complexity index is 680. The number of hydroxylamine groups is 2. The minimum Gasteiger partial charge on any atom is -0.481 e. The van der Waals surface area contributed by atoms with Gasteiger partial charge in [-0.1, -0.05) is 65.1 Å². The number of ether oxygens (including phenoxy) is 1. The fraction of sp³-hybridized carbons (Fsp3) is 0.400. The van der Waals surface area contributed by atoms with E-state index in [9.17, 15) is 19.5 Å². The molecular formula is C15H14Cl3NO7. The molecule has 2 N–H and O–H groups in total. The number of hydrogen-bond donors (Lipinski definition) is 2. The number of alkyl halides is 3. The Morgan fingerprint density at radius 3 is 2.27 bits per heavy atom. The maximum absolute atomic E-state index is 12.2. The van der Waals surface area contributed by atoms with Crippen LogP contribution in [0.3, 0.4) is 0 Å². The minimum absolute atomic E-state index is 0.476. The van der Waals surface area contributed by atoms with Gasteiger partial charge in [0.1, 0.15) is 12.7 Å². The van der Waals surface area contributed by atoms with Gasteiger partial charge in [-0.2, -0.15) is 5.06 Å². The number of carbonyl (C=O) groups excluding carboxylic acids is 1. The van der Waals surface area contributed by atoms with Crippen molar-refractivity contribution in [2.24, 2.45) is 5.92 Å². The summed E-state index contributed by atoms with van der Waals surface area (Å²) in [4.78, 5) is 40.5. The molecule has 2 rings (SSSR count). The highest BCUT2D eigenvalue weighted by atomic mass is 35.6. The van der Waals surface area contributed by atoms with Crippen molar-refractivity contribution in [3.05, 3.63) is 35.9 Å². The van der Waals surface area contributed by atoms with Crippen LogP contribution < -0.4 is 0 Å². The summed E-state index contributed by atoms with van der Waals surface area (Å²) in [5.41, 5.74) is 0.515. The van der Waals surface area contributed by atoms with E-state index in [1.807, 2.05) is 0 Å². The van der Waals surface area contributed by atoms with Gasteiger partial charge in [-0.25, -0.2) is 9.59 Å². The van der Waals surface area contributed by atoms with E-state index in [0.717, 1.165) is 0 Å². The predicted molar refractivity (Wildman–Crippen MR) is 90.9 cm³/mol. The van der Waals surface area contributed by atoms with Crippen LogP contribution >= 0.6 is 34.8 Å². The van der Waals surface area contributed by atoms with Crippen molar-refractivity contribution in [3.63, 3.8) is 0 Å². The third-order valence-corrected chi connectivity index (χ3v) is 3.93. The van der Waals surface area contributed by atoms with Crippen molar-refractivity contribution in [1.29, 1.82) is 0 Å². The van der Waals surface area contributed by atoms with Gasteiger partial charge >= 0.3 is 18.0 Å². The van der Waals surface area contributed by atoms with E-state index in [1.165, 1.54) is 0 Å². The van der Waals surface area contributed by atoms with Crippen LogP contribution in [0.25, 0.3) is 0 Å². The predicted octanol–water partition coefficient (Wildman–Crippen LogP) is 3.03. The first-order valence-electron chi connectivity index (χ1n) is 7.29. The maximum Gasteiger partial charge on any atom is 0.434 e. The lowest BCUT2D eigenvalue weighted by Gasteiger charge is -2.21. The largest absolute Gasteiger partial charge is 0.481 e. The molecule has 0 radical (unpaired) electrons. The van der Waals surface area contributed by atoms with Gasteiger partial charge in [-0.15, -0.1) is 0 Å². The Kier molecular flexibility index (Phi) is 6.57. The molecule has 0 aromatic heterocycles. The first kappa shape index (κ1) is 20.6. The molecule has 11 heteroatoms. The lowest BCUT2D eigenvalue weighted by atomic mass is 9.87. The number of carboxylic acids is 2. The van der Waals surface area contributed by atoms with E-state index >= 15 is 0 Å². The Hall–Kier alpha value is -1.74. The number of carboxylic acid groups (broad SMARTS) is 2. The van der Waals surface area contributed by atoms with Gasteiger partial charge in [0.2, 0.25) is 3.79 Å². The van der Waals surface area contributed by atoms with Gasteiger partial charge in [0, 0.05) is 5.92 Å². The Morgan fingerprint density at radius 2 is 1.77 bits per heavy atom. The van der Waals surface area contributed by atoms with Crippen LogP contribution in [-0.4, -0.2) is 49.7 Å². The van der Waals surface area contributed by atoms with Crippen molar-refractivity contribution in [3.8, 4) is 0 Å². The van der Waals surface area contributed by atoms with E-state index < -0.39 is 52.9 Å². The fourth-order valence-corrected chi connectivity index (χ4v) is 2.79. The number of aliphatic carboxylic acids is 2. The van der Waals surface area contributed by atoms with Gasteiger partial charge in [0.15, 0.2) is 6.04 Å². The molecule has 1 aliphatic rings. The van der Waals surface area contributed by atoms with E-state index in [0.29, 0.717) is 10.6 Å². The smallest absolute Gasteiger partial charge is 0.434 e. The van der Waals surface area contributed by atoms with Crippen LogP contribution in [0.15, 0.2) is 30.3 Å². The molecule has 1 amide bonds. The number of amides is 1. The molecule has 1 saturated heterocycles. The van der Waals surface area contributed by atoms with Crippen molar-refractivity contribution < 1.29 is 34.2 Å². The zero-order valence-corrected chi connectivity index (χ0v) is 15.3. The van der Waals surface area contributed by atoms with Crippen LogP contribution in [0.5, 0.6) is 0 Å². The summed E-state index contributed by atoms with van der Waals surface area (Å²) in [6, 6.07) is 6.76. The Balaban J connectivity index is 2.31. The average molecular weight is 427 g/mol. The van der Waals surface area contributed by atoms with Crippen LogP contribution in [0, 0.1) is 5.92 Å². The standard InChI is InChI=1S/C15H14Cl3NO7/c16-15(17,18)7-25-14(24)19-11(13(22)23)9(6-10(20)21)12(26-19)8-4-2-1-3-5-8/h1-5,9,11-12H,6-7H2,(H,20,21)(H,22,23)/t9-,11+,12-/m1/s1.